The largest absolute Gasteiger partial charge is 0.275 e. The topological polar surface area (TPSA) is 48.5 Å². The van der Waals surface area contributed by atoms with Crippen molar-refractivity contribution < 1.29 is 0 Å². The Morgan fingerprint density at radius 2 is 2.25 bits per heavy atom. The molecule has 0 radical (unpaired) electrons. The van der Waals surface area contributed by atoms with Crippen molar-refractivity contribution in [3.05, 3.63) is 29.8 Å². The van der Waals surface area contributed by atoms with Gasteiger partial charge in [-0.25, -0.2) is 4.68 Å². The zero-order valence-electron chi connectivity index (χ0n) is 9.34. The van der Waals surface area contributed by atoms with Crippen LogP contribution in [-0.4, -0.2) is 24.8 Å². The van der Waals surface area contributed by atoms with Gasteiger partial charge in [0.15, 0.2) is 0 Å². The Bertz CT molecular complexity index is 461. The molecule has 0 saturated carbocycles. The fourth-order valence-electron chi connectivity index (χ4n) is 1.48. The Labute approximate surface area is 103 Å². The van der Waals surface area contributed by atoms with Crippen molar-refractivity contribution in [2.24, 2.45) is 7.05 Å². The van der Waals surface area contributed by atoms with Crippen LogP contribution in [0.15, 0.2) is 18.6 Å². The van der Waals surface area contributed by atoms with E-state index < -0.39 is 0 Å². The molecule has 2 aromatic rings. The van der Waals surface area contributed by atoms with Crippen LogP contribution >= 0.6 is 15.9 Å². The van der Waals surface area contributed by atoms with E-state index in [1.54, 1.807) is 4.68 Å². The summed E-state index contributed by atoms with van der Waals surface area (Å²) in [4.78, 5) is 0.287. The maximum Gasteiger partial charge on any atom is 0.0963 e. The minimum atomic E-state index is 0.287. The second-order valence-electron chi connectivity index (χ2n) is 3.74. The molecule has 5 nitrogen and oxygen atoms in total. The predicted molar refractivity (Wildman–Crippen MR) is 64.3 cm³/mol. The number of halogens is 1. The van der Waals surface area contributed by atoms with Gasteiger partial charge in [0.1, 0.15) is 0 Å². The molecule has 2 rings (SSSR count). The van der Waals surface area contributed by atoms with Gasteiger partial charge in [0.2, 0.25) is 0 Å². The van der Waals surface area contributed by atoms with Crippen molar-refractivity contribution in [3.63, 3.8) is 0 Å². The van der Waals surface area contributed by atoms with Crippen molar-refractivity contribution in [1.29, 1.82) is 0 Å². The molecule has 0 aliphatic heterocycles. The number of alkyl halides is 1. The first-order valence-corrected chi connectivity index (χ1v) is 6.12. The number of nitrogens with zero attached hydrogens (tertiary/aromatic N) is 5. The van der Waals surface area contributed by atoms with E-state index in [0.29, 0.717) is 6.54 Å². The molecule has 0 fully saturated rings. The summed E-state index contributed by atoms with van der Waals surface area (Å²) in [5.41, 5.74) is 2.10. The molecular weight excluding hydrogens is 270 g/mol. The van der Waals surface area contributed by atoms with Crippen LogP contribution in [0.5, 0.6) is 0 Å². The molecule has 1 atom stereocenters. The quantitative estimate of drug-likeness (QED) is 0.806. The lowest BCUT2D eigenvalue weighted by Gasteiger charge is -1.99. The summed E-state index contributed by atoms with van der Waals surface area (Å²) in [6.45, 7) is 2.82. The first kappa shape index (κ1) is 11.3. The smallest absolute Gasteiger partial charge is 0.0963 e. The average molecular weight is 284 g/mol. The molecule has 0 N–H and O–H groups in total. The molecule has 0 aliphatic carbocycles. The highest BCUT2D eigenvalue weighted by atomic mass is 79.9. The summed E-state index contributed by atoms with van der Waals surface area (Å²) in [6.07, 6.45) is 6.79. The molecule has 0 aromatic carbocycles. The highest BCUT2D eigenvalue weighted by molar-refractivity contribution is 9.09. The fraction of sp³-hybridized carbons (Fsp3) is 0.500. The SMILES string of the molecule is CCC(Br)c1cn(Cc2cnn(C)c2)nn1. The molecule has 16 heavy (non-hydrogen) atoms. The van der Waals surface area contributed by atoms with Gasteiger partial charge in [0.25, 0.3) is 0 Å². The summed E-state index contributed by atoms with van der Waals surface area (Å²) in [6, 6.07) is 0. The zero-order valence-corrected chi connectivity index (χ0v) is 10.9. The van der Waals surface area contributed by atoms with Crippen LogP contribution in [0.25, 0.3) is 0 Å². The van der Waals surface area contributed by atoms with Gasteiger partial charge >= 0.3 is 0 Å². The lowest BCUT2D eigenvalue weighted by Crippen LogP contribution is -1.99. The van der Waals surface area contributed by atoms with Crippen LogP contribution in [0.3, 0.4) is 0 Å². The lowest BCUT2D eigenvalue weighted by molar-refractivity contribution is 0.648. The van der Waals surface area contributed by atoms with Gasteiger partial charge in [-0.15, -0.1) is 5.10 Å². The van der Waals surface area contributed by atoms with Crippen LogP contribution in [0, 0.1) is 0 Å². The molecule has 0 saturated heterocycles. The highest BCUT2D eigenvalue weighted by Crippen LogP contribution is 2.23. The van der Waals surface area contributed by atoms with E-state index in [0.717, 1.165) is 17.7 Å². The van der Waals surface area contributed by atoms with Gasteiger partial charge in [0.05, 0.1) is 23.3 Å². The molecule has 86 valence electrons. The van der Waals surface area contributed by atoms with E-state index in [1.807, 2.05) is 30.3 Å². The Morgan fingerprint density at radius 1 is 1.44 bits per heavy atom. The van der Waals surface area contributed by atoms with Gasteiger partial charge in [-0.05, 0) is 6.42 Å². The Kier molecular flexibility index (Phi) is 3.38. The molecule has 6 heteroatoms. The number of rotatable bonds is 4. The van der Waals surface area contributed by atoms with E-state index >= 15 is 0 Å². The van der Waals surface area contributed by atoms with Crippen molar-refractivity contribution in [2.45, 2.75) is 24.7 Å². The van der Waals surface area contributed by atoms with E-state index in [9.17, 15) is 0 Å². The third-order valence-corrected chi connectivity index (χ3v) is 3.46. The van der Waals surface area contributed by atoms with Gasteiger partial charge in [-0.2, -0.15) is 5.10 Å². The van der Waals surface area contributed by atoms with E-state index in [2.05, 4.69) is 38.3 Å². The van der Waals surface area contributed by atoms with E-state index in [4.69, 9.17) is 0 Å². The van der Waals surface area contributed by atoms with Gasteiger partial charge < -0.3 is 0 Å². The van der Waals surface area contributed by atoms with Gasteiger partial charge in [-0.3, -0.25) is 4.68 Å². The van der Waals surface area contributed by atoms with E-state index in [-0.39, 0.29) is 4.83 Å². The maximum absolute atomic E-state index is 4.13. The summed E-state index contributed by atoms with van der Waals surface area (Å²) in [5.74, 6) is 0. The van der Waals surface area contributed by atoms with Crippen molar-refractivity contribution in [3.8, 4) is 0 Å². The number of hydrogen-bond donors (Lipinski definition) is 0. The second kappa shape index (κ2) is 4.78. The first-order valence-electron chi connectivity index (χ1n) is 5.20. The first-order chi connectivity index (χ1) is 7.69. The molecular formula is C10H14BrN5. The van der Waals surface area contributed by atoms with Crippen molar-refractivity contribution in [2.75, 3.05) is 0 Å². The van der Waals surface area contributed by atoms with Crippen LogP contribution in [-0.2, 0) is 13.6 Å². The van der Waals surface area contributed by atoms with Crippen LogP contribution in [0.4, 0.5) is 0 Å². The molecule has 2 aromatic heterocycles. The number of aryl methyl sites for hydroxylation is 1. The standard InChI is InChI=1S/C10H14BrN5/c1-3-9(11)10-7-16(14-13-10)6-8-4-12-15(2)5-8/h4-5,7,9H,3,6H2,1-2H3. The Hall–Kier alpha value is -1.17. The third-order valence-electron chi connectivity index (χ3n) is 2.34. The summed E-state index contributed by atoms with van der Waals surface area (Å²) in [5, 5.41) is 12.3. The van der Waals surface area contributed by atoms with Crippen LogP contribution in [0.1, 0.15) is 29.4 Å². The zero-order chi connectivity index (χ0) is 11.5. The van der Waals surface area contributed by atoms with Crippen molar-refractivity contribution >= 4 is 15.9 Å². The van der Waals surface area contributed by atoms with Gasteiger partial charge in [0, 0.05) is 25.0 Å². The van der Waals surface area contributed by atoms with E-state index in [1.165, 1.54) is 0 Å². The number of aromatic nitrogens is 5. The van der Waals surface area contributed by atoms with Crippen molar-refractivity contribution in [1.82, 2.24) is 24.8 Å². The van der Waals surface area contributed by atoms with Gasteiger partial charge in [-0.1, -0.05) is 28.1 Å². The normalized spacial score (nSPS) is 12.9. The summed E-state index contributed by atoms with van der Waals surface area (Å²) in [7, 11) is 1.90. The fourth-order valence-corrected chi connectivity index (χ4v) is 1.69. The molecule has 0 spiro atoms. The summed E-state index contributed by atoms with van der Waals surface area (Å²) < 4.78 is 3.61. The lowest BCUT2D eigenvalue weighted by atomic mass is 10.3. The molecule has 0 aliphatic rings. The molecule has 0 amide bonds. The number of hydrogen-bond acceptors (Lipinski definition) is 3. The molecule has 1 unspecified atom stereocenters. The Morgan fingerprint density at radius 3 is 2.88 bits per heavy atom. The summed E-state index contributed by atoms with van der Waals surface area (Å²) >= 11 is 3.56. The average Bonchev–Trinajstić information content (AvgIpc) is 2.87. The predicted octanol–water partition coefficient (Wildman–Crippen LogP) is 1.91. The van der Waals surface area contributed by atoms with Crippen LogP contribution in [0.2, 0.25) is 0 Å². The second-order valence-corrected chi connectivity index (χ2v) is 4.84. The Balaban J connectivity index is 2.08. The molecule has 0 bridgehead atoms. The highest BCUT2D eigenvalue weighted by Gasteiger charge is 2.09. The maximum atomic E-state index is 4.13. The monoisotopic (exact) mass is 283 g/mol. The molecule has 2 heterocycles. The van der Waals surface area contributed by atoms with Crippen LogP contribution < -0.4 is 0 Å². The third kappa shape index (κ3) is 2.49. The minimum absolute atomic E-state index is 0.287. The minimum Gasteiger partial charge on any atom is -0.275 e.